The number of anilines is 1. The molecule has 0 atom stereocenters. The molecule has 2 heterocycles. The summed E-state index contributed by atoms with van der Waals surface area (Å²) in [7, 11) is 1.49. The molecular weight excluding hydrogens is 433 g/mol. The highest BCUT2D eigenvalue weighted by molar-refractivity contribution is 6.34. The van der Waals surface area contributed by atoms with Gasteiger partial charge in [-0.1, -0.05) is 35.9 Å². The molecule has 7 nitrogen and oxygen atoms in total. The lowest BCUT2D eigenvalue weighted by Crippen LogP contribution is -2.18. The number of hydrogen-bond acceptors (Lipinski definition) is 4. The van der Waals surface area contributed by atoms with Gasteiger partial charge in [0.2, 0.25) is 0 Å². The lowest BCUT2D eigenvalue weighted by Gasteiger charge is -2.11. The van der Waals surface area contributed by atoms with Gasteiger partial charge in [-0.3, -0.25) is 14.6 Å². The van der Waals surface area contributed by atoms with Crippen LogP contribution in [0.25, 0.3) is 16.9 Å². The molecule has 0 aliphatic rings. The van der Waals surface area contributed by atoms with Crippen LogP contribution in [0.3, 0.4) is 0 Å². The van der Waals surface area contributed by atoms with Crippen molar-refractivity contribution in [3.63, 3.8) is 0 Å². The van der Waals surface area contributed by atoms with Gasteiger partial charge in [0.15, 0.2) is 5.69 Å². The van der Waals surface area contributed by atoms with Gasteiger partial charge in [-0.2, -0.15) is 5.10 Å². The van der Waals surface area contributed by atoms with Gasteiger partial charge >= 0.3 is 0 Å². The minimum atomic E-state index is -0.547. The number of para-hydroxylation sites is 1. The molecule has 0 aliphatic carbocycles. The second kappa shape index (κ2) is 8.99. The molecule has 0 fully saturated rings. The number of amides is 2. The van der Waals surface area contributed by atoms with Gasteiger partial charge in [-0.25, -0.2) is 9.07 Å². The molecule has 0 saturated carbocycles. The summed E-state index contributed by atoms with van der Waals surface area (Å²) < 4.78 is 15.6. The molecule has 32 heavy (non-hydrogen) atoms. The van der Waals surface area contributed by atoms with E-state index in [1.807, 2.05) is 18.2 Å². The maximum Gasteiger partial charge on any atom is 0.271 e. The third kappa shape index (κ3) is 4.21. The zero-order valence-electron chi connectivity index (χ0n) is 16.8. The molecule has 9 heteroatoms. The van der Waals surface area contributed by atoms with Crippen LogP contribution < -0.4 is 10.6 Å². The summed E-state index contributed by atoms with van der Waals surface area (Å²) in [6, 6.07) is 17.8. The van der Waals surface area contributed by atoms with E-state index in [2.05, 4.69) is 20.7 Å². The van der Waals surface area contributed by atoms with E-state index in [0.717, 1.165) is 0 Å². The van der Waals surface area contributed by atoms with Crippen LogP contribution in [-0.2, 0) is 0 Å². The first-order valence-electron chi connectivity index (χ1n) is 9.57. The average Bonchev–Trinajstić information content (AvgIpc) is 3.23. The Morgan fingerprint density at radius 2 is 1.78 bits per heavy atom. The number of aromatic nitrogens is 3. The first-order valence-corrected chi connectivity index (χ1v) is 9.95. The van der Waals surface area contributed by atoms with Crippen LogP contribution in [0.4, 0.5) is 10.2 Å². The summed E-state index contributed by atoms with van der Waals surface area (Å²) in [5.41, 5.74) is 1.40. The number of pyridine rings is 1. The Hall–Kier alpha value is -4.04. The SMILES string of the molecule is CNC(=O)c1cc(NC(=O)c2cc(-c3ncccc3F)ccc2Cl)n(-c2ccccc2)n1. The van der Waals surface area contributed by atoms with Crippen molar-refractivity contribution in [2.24, 2.45) is 0 Å². The number of carbonyl (C=O) groups excluding carboxylic acids is 2. The van der Waals surface area contributed by atoms with Crippen molar-refractivity contribution in [2.75, 3.05) is 12.4 Å². The Labute approximate surface area is 187 Å². The van der Waals surface area contributed by atoms with Crippen molar-refractivity contribution >= 4 is 29.2 Å². The Balaban J connectivity index is 1.72. The first kappa shape index (κ1) is 21.2. The van der Waals surface area contributed by atoms with E-state index in [9.17, 15) is 14.0 Å². The van der Waals surface area contributed by atoms with E-state index in [-0.39, 0.29) is 27.8 Å². The maximum absolute atomic E-state index is 14.2. The molecule has 4 rings (SSSR count). The quantitative estimate of drug-likeness (QED) is 0.474. The van der Waals surface area contributed by atoms with E-state index in [1.165, 1.54) is 48.3 Å². The highest BCUT2D eigenvalue weighted by atomic mass is 35.5. The molecule has 0 bridgehead atoms. The van der Waals surface area contributed by atoms with Crippen molar-refractivity contribution in [3.05, 3.63) is 95.0 Å². The fourth-order valence-electron chi connectivity index (χ4n) is 3.10. The molecule has 2 amide bonds. The Bertz CT molecular complexity index is 1310. The molecule has 0 radical (unpaired) electrons. The van der Waals surface area contributed by atoms with Crippen molar-refractivity contribution in [1.82, 2.24) is 20.1 Å². The Morgan fingerprint density at radius 3 is 2.50 bits per heavy atom. The fraction of sp³-hybridized carbons (Fsp3) is 0.0435. The zero-order valence-corrected chi connectivity index (χ0v) is 17.6. The largest absolute Gasteiger partial charge is 0.354 e. The lowest BCUT2D eigenvalue weighted by atomic mass is 10.1. The molecule has 4 aromatic rings. The number of rotatable bonds is 5. The highest BCUT2D eigenvalue weighted by Gasteiger charge is 2.19. The molecule has 2 N–H and O–H groups in total. The monoisotopic (exact) mass is 449 g/mol. The third-order valence-corrected chi connectivity index (χ3v) is 4.98. The number of nitrogens with zero attached hydrogens (tertiary/aromatic N) is 3. The minimum Gasteiger partial charge on any atom is -0.354 e. The van der Waals surface area contributed by atoms with Crippen molar-refractivity contribution < 1.29 is 14.0 Å². The van der Waals surface area contributed by atoms with Crippen molar-refractivity contribution in [1.29, 1.82) is 0 Å². The summed E-state index contributed by atoms with van der Waals surface area (Å²) in [5.74, 6) is -1.20. The van der Waals surface area contributed by atoms with Crippen LogP contribution in [-0.4, -0.2) is 33.6 Å². The number of hydrogen-bond donors (Lipinski definition) is 2. The van der Waals surface area contributed by atoms with Crippen LogP contribution >= 0.6 is 11.6 Å². The second-order valence-electron chi connectivity index (χ2n) is 6.72. The normalized spacial score (nSPS) is 10.6. The van der Waals surface area contributed by atoms with Gasteiger partial charge in [-0.05, 0) is 36.4 Å². The molecule has 2 aromatic heterocycles. The van der Waals surface area contributed by atoms with Crippen LogP contribution in [0.5, 0.6) is 0 Å². The predicted octanol–water partition coefficient (Wildman–Crippen LogP) is 4.34. The number of benzene rings is 2. The minimum absolute atomic E-state index is 0.106. The topological polar surface area (TPSA) is 88.9 Å². The summed E-state index contributed by atoms with van der Waals surface area (Å²) in [4.78, 5) is 29.2. The molecule has 160 valence electrons. The van der Waals surface area contributed by atoms with E-state index in [4.69, 9.17) is 11.6 Å². The van der Waals surface area contributed by atoms with E-state index >= 15 is 0 Å². The summed E-state index contributed by atoms with van der Waals surface area (Å²) in [5, 5.41) is 9.72. The van der Waals surface area contributed by atoms with E-state index in [0.29, 0.717) is 11.3 Å². The van der Waals surface area contributed by atoms with Gasteiger partial charge < -0.3 is 10.6 Å². The van der Waals surface area contributed by atoms with Crippen LogP contribution in [0.1, 0.15) is 20.8 Å². The van der Waals surface area contributed by atoms with Gasteiger partial charge in [0.25, 0.3) is 11.8 Å². The highest BCUT2D eigenvalue weighted by Crippen LogP contribution is 2.27. The van der Waals surface area contributed by atoms with Crippen LogP contribution in [0.2, 0.25) is 5.02 Å². The summed E-state index contributed by atoms with van der Waals surface area (Å²) >= 11 is 6.26. The van der Waals surface area contributed by atoms with Crippen molar-refractivity contribution in [3.8, 4) is 16.9 Å². The molecule has 0 aliphatic heterocycles. The molecule has 2 aromatic carbocycles. The Morgan fingerprint density at radius 1 is 1.00 bits per heavy atom. The second-order valence-corrected chi connectivity index (χ2v) is 7.13. The fourth-order valence-corrected chi connectivity index (χ4v) is 3.31. The summed E-state index contributed by atoms with van der Waals surface area (Å²) in [6.07, 6.45) is 1.46. The first-order chi connectivity index (χ1) is 15.5. The van der Waals surface area contributed by atoms with Crippen LogP contribution in [0, 0.1) is 5.82 Å². The summed E-state index contributed by atoms with van der Waals surface area (Å²) in [6.45, 7) is 0. The lowest BCUT2D eigenvalue weighted by molar-refractivity contribution is 0.0956. The number of nitrogens with one attached hydrogen (secondary N) is 2. The van der Waals surface area contributed by atoms with E-state index < -0.39 is 17.6 Å². The zero-order chi connectivity index (χ0) is 22.7. The average molecular weight is 450 g/mol. The van der Waals surface area contributed by atoms with Gasteiger partial charge in [0.05, 0.1) is 16.3 Å². The molecule has 0 saturated heterocycles. The molecule has 0 spiro atoms. The smallest absolute Gasteiger partial charge is 0.271 e. The van der Waals surface area contributed by atoms with E-state index in [1.54, 1.807) is 18.2 Å². The van der Waals surface area contributed by atoms with Gasteiger partial charge in [0.1, 0.15) is 17.3 Å². The van der Waals surface area contributed by atoms with Crippen molar-refractivity contribution in [2.45, 2.75) is 0 Å². The predicted molar refractivity (Wildman–Crippen MR) is 120 cm³/mol. The molecule has 0 unspecified atom stereocenters. The van der Waals surface area contributed by atoms with Gasteiger partial charge in [0, 0.05) is 24.9 Å². The standard InChI is InChI=1S/C23H17ClFN5O2/c1-26-23(32)19-13-20(30(29-19)15-6-3-2-4-7-15)28-22(31)16-12-14(9-10-17(16)24)21-18(25)8-5-11-27-21/h2-13H,1H3,(H,26,32)(H,28,31). The number of carbonyl (C=O) groups is 2. The Kier molecular flexibility index (Phi) is 5.96. The number of halogens is 2. The molecular formula is C23H17ClFN5O2. The maximum atomic E-state index is 14.2. The van der Waals surface area contributed by atoms with Crippen LogP contribution in [0.15, 0.2) is 72.9 Å². The van der Waals surface area contributed by atoms with Gasteiger partial charge in [-0.15, -0.1) is 0 Å². The third-order valence-electron chi connectivity index (χ3n) is 4.65.